The summed E-state index contributed by atoms with van der Waals surface area (Å²) in [4.78, 5) is 11.4. The zero-order valence-electron chi connectivity index (χ0n) is 16.8. The van der Waals surface area contributed by atoms with Crippen molar-refractivity contribution < 1.29 is 33.2 Å². The van der Waals surface area contributed by atoms with Crippen LogP contribution in [0.2, 0.25) is 0 Å². The van der Waals surface area contributed by atoms with Gasteiger partial charge in [-0.1, -0.05) is 0 Å². The molecular weight excluding hydrogens is 392 g/mol. The number of rotatable bonds is 22. The Balaban J connectivity index is 3.13. The lowest BCUT2D eigenvalue weighted by Gasteiger charge is -2.09. The Morgan fingerprint density at radius 3 is 1.82 bits per heavy atom. The molecular formula is C18H37ClN2O7. The van der Waals surface area contributed by atoms with Crippen LogP contribution in [0.5, 0.6) is 0 Å². The van der Waals surface area contributed by atoms with Gasteiger partial charge in [0.1, 0.15) is 6.61 Å². The molecule has 0 heterocycles. The third-order valence-corrected chi connectivity index (χ3v) is 3.54. The molecule has 0 spiro atoms. The molecule has 0 saturated heterocycles. The lowest BCUT2D eigenvalue weighted by molar-refractivity contribution is 0.00652. The van der Waals surface area contributed by atoms with E-state index >= 15 is 0 Å². The molecule has 28 heavy (non-hydrogen) atoms. The fraction of sp³-hybridized carbons (Fsp3) is 0.944. The van der Waals surface area contributed by atoms with E-state index in [4.69, 9.17) is 45.8 Å². The summed E-state index contributed by atoms with van der Waals surface area (Å²) in [5, 5.41) is 2.60. The Kier molecular flexibility index (Phi) is 23.8. The van der Waals surface area contributed by atoms with Gasteiger partial charge in [-0.3, -0.25) is 0 Å². The molecule has 0 aromatic rings. The van der Waals surface area contributed by atoms with Gasteiger partial charge in [0.05, 0.1) is 59.5 Å². The molecule has 0 aromatic carbocycles. The number of alkyl carbamates (subject to hydrolysis) is 1. The van der Waals surface area contributed by atoms with Gasteiger partial charge in [-0.05, 0) is 19.3 Å². The second kappa shape index (κ2) is 24.4. The number of carbonyl (C=O) groups is 1. The van der Waals surface area contributed by atoms with Gasteiger partial charge in [0.15, 0.2) is 0 Å². The van der Waals surface area contributed by atoms with E-state index in [0.29, 0.717) is 78.4 Å². The van der Waals surface area contributed by atoms with Crippen LogP contribution < -0.4 is 11.1 Å². The first-order valence-electron chi connectivity index (χ1n) is 9.86. The second-order valence-electron chi connectivity index (χ2n) is 5.66. The third-order valence-electron chi connectivity index (χ3n) is 3.28. The van der Waals surface area contributed by atoms with E-state index in [1.807, 2.05) is 0 Å². The molecule has 0 saturated carbocycles. The Morgan fingerprint density at radius 2 is 1.21 bits per heavy atom. The highest BCUT2D eigenvalue weighted by atomic mass is 35.5. The predicted molar refractivity (Wildman–Crippen MR) is 107 cm³/mol. The van der Waals surface area contributed by atoms with Crippen LogP contribution in [-0.4, -0.2) is 97.7 Å². The molecule has 0 aliphatic rings. The van der Waals surface area contributed by atoms with Crippen molar-refractivity contribution in [3.05, 3.63) is 0 Å². The first-order valence-corrected chi connectivity index (χ1v) is 10.4. The van der Waals surface area contributed by atoms with Crippen molar-refractivity contribution >= 4 is 17.7 Å². The topological polar surface area (TPSA) is 111 Å². The highest BCUT2D eigenvalue weighted by Gasteiger charge is 2.01. The quantitative estimate of drug-likeness (QED) is 0.195. The Labute approximate surface area is 173 Å². The zero-order valence-corrected chi connectivity index (χ0v) is 17.6. The van der Waals surface area contributed by atoms with Crippen LogP contribution in [0.4, 0.5) is 4.79 Å². The zero-order chi connectivity index (χ0) is 20.5. The number of hydrogen-bond acceptors (Lipinski definition) is 8. The average molecular weight is 429 g/mol. The van der Waals surface area contributed by atoms with Crippen molar-refractivity contribution in [1.29, 1.82) is 0 Å². The predicted octanol–water partition coefficient (Wildman–Crippen LogP) is 1.16. The maximum absolute atomic E-state index is 11.4. The molecule has 0 aliphatic heterocycles. The van der Waals surface area contributed by atoms with Crippen LogP contribution in [0, 0.1) is 0 Å². The van der Waals surface area contributed by atoms with Gasteiger partial charge in [-0.15, -0.1) is 11.6 Å². The SMILES string of the molecule is NCCOCCOCCOCCOC(=O)NCCOCCOCCCCCCl. The highest BCUT2D eigenvalue weighted by Crippen LogP contribution is 1.97. The maximum atomic E-state index is 11.4. The van der Waals surface area contributed by atoms with Gasteiger partial charge in [-0.2, -0.15) is 0 Å². The van der Waals surface area contributed by atoms with Crippen molar-refractivity contribution in [3.63, 3.8) is 0 Å². The van der Waals surface area contributed by atoms with Crippen molar-refractivity contribution in [2.24, 2.45) is 5.73 Å². The van der Waals surface area contributed by atoms with Crippen LogP contribution in [0.25, 0.3) is 0 Å². The van der Waals surface area contributed by atoms with Crippen molar-refractivity contribution in [3.8, 4) is 0 Å². The lowest BCUT2D eigenvalue weighted by atomic mass is 10.3. The van der Waals surface area contributed by atoms with E-state index in [-0.39, 0.29) is 6.61 Å². The molecule has 0 radical (unpaired) electrons. The summed E-state index contributed by atoms with van der Waals surface area (Å²) in [7, 11) is 0. The first-order chi connectivity index (χ1) is 13.8. The van der Waals surface area contributed by atoms with Crippen molar-refractivity contribution in [1.82, 2.24) is 5.32 Å². The monoisotopic (exact) mass is 428 g/mol. The number of hydrogen-bond donors (Lipinski definition) is 2. The van der Waals surface area contributed by atoms with E-state index in [9.17, 15) is 4.79 Å². The number of nitrogens with two attached hydrogens (primary N) is 1. The van der Waals surface area contributed by atoms with Crippen molar-refractivity contribution in [2.75, 3.05) is 91.6 Å². The van der Waals surface area contributed by atoms with Gasteiger partial charge < -0.3 is 39.5 Å². The highest BCUT2D eigenvalue weighted by molar-refractivity contribution is 6.17. The largest absolute Gasteiger partial charge is 0.447 e. The van der Waals surface area contributed by atoms with Crippen LogP contribution in [0.1, 0.15) is 19.3 Å². The van der Waals surface area contributed by atoms with Gasteiger partial charge >= 0.3 is 6.09 Å². The summed E-state index contributed by atoms with van der Waals surface area (Å²) < 4.78 is 31.5. The summed E-state index contributed by atoms with van der Waals surface area (Å²) in [5.74, 6) is 0.701. The number of ether oxygens (including phenoxy) is 6. The Hall–Kier alpha value is -0.680. The molecule has 0 rings (SSSR count). The average Bonchev–Trinajstić information content (AvgIpc) is 2.70. The fourth-order valence-electron chi connectivity index (χ4n) is 1.89. The first kappa shape index (κ1) is 27.3. The summed E-state index contributed by atoms with van der Waals surface area (Å²) in [5.41, 5.74) is 5.29. The molecule has 10 heteroatoms. The number of carbonyl (C=O) groups excluding carboxylic acids is 1. The molecule has 0 aliphatic carbocycles. The normalized spacial score (nSPS) is 10.9. The van der Waals surface area contributed by atoms with Crippen molar-refractivity contribution in [2.45, 2.75) is 19.3 Å². The van der Waals surface area contributed by atoms with E-state index in [1.54, 1.807) is 0 Å². The number of nitrogens with one attached hydrogen (secondary N) is 1. The number of unbranched alkanes of at least 4 members (excludes halogenated alkanes) is 2. The molecule has 0 fully saturated rings. The maximum Gasteiger partial charge on any atom is 0.407 e. The molecule has 0 atom stereocenters. The second-order valence-corrected chi connectivity index (χ2v) is 6.04. The molecule has 0 bridgehead atoms. The standard InChI is InChI=1S/C18H37ClN2O7/c19-4-2-1-3-7-23-10-12-25-9-6-21-18(22)28-17-16-27-15-14-26-13-11-24-8-5-20/h1-17,20H2,(H,21,22). The van der Waals surface area contributed by atoms with Gasteiger partial charge in [0.25, 0.3) is 0 Å². The lowest BCUT2D eigenvalue weighted by Crippen LogP contribution is -2.29. The van der Waals surface area contributed by atoms with Crippen LogP contribution in [0.3, 0.4) is 0 Å². The minimum absolute atomic E-state index is 0.184. The van der Waals surface area contributed by atoms with Gasteiger partial charge in [-0.25, -0.2) is 4.79 Å². The van der Waals surface area contributed by atoms with Crippen LogP contribution in [0.15, 0.2) is 0 Å². The van der Waals surface area contributed by atoms with E-state index in [0.717, 1.165) is 25.9 Å². The number of amides is 1. The number of alkyl halides is 1. The summed E-state index contributed by atoms with van der Waals surface area (Å²) >= 11 is 5.59. The summed E-state index contributed by atoms with van der Waals surface area (Å²) in [6, 6.07) is 0. The van der Waals surface area contributed by atoms with Gasteiger partial charge in [0.2, 0.25) is 0 Å². The smallest absolute Gasteiger partial charge is 0.407 e. The summed E-state index contributed by atoms with van der Waals surface area (Å²) in [6.45, 7) is 6.04. The van der Waals surface area contributed by atoms with E-state index in [2.05, 4.69) is 5.32 Å². The van der Waals surface area contributed by atoms with E-state index < -0.39 is 6.09 Å². The molecule has 0 unspecified atom stereocenters. The molecule has 0 aromatic heterocycles. The summed E-state index contributed by atoms with van der Waals surface area (Å²) in [6.07, 6.45) is 2.63. The molecule has 9 nitrogen and oxygen atoms in total. The van der Waals surface area contributed by atoms with Gasteiger partial charge in [0, 0.05) is 25.6 Å². The minimum atomic E-state index is -0.490. The number of halogens is 1. The van der Waals surface area contributed by atoms with E-state index in [1.165, 1.54) is 0 Å². The molecule has 168 valence electrons. The third kappa shape index (κ3) is 23.4. The molecule has 3 N–H and O–H groups in total. The Morgan fingerprint density at radius 1 is 0.679 bits per heavy atom. The van der Waals surface area contributed by atoms with Crippen LogP contribution >= 0.6 is 11.6 Å². The molecule has 1 amide bonds. The minimum Gasteiger partial charge on any atom is -0.447 e. The Bertz CT molecular complexity index is 300. The van der Waals surface area contributed by atoms with Crippen LogP contribution in [-0.2, 0) is 28.4 Å². The fourth-order valence-corrected chi connectivity index (χ4v) is 2.08.